The van der Waals surface area contributed by atoms with Gasteiger partial charge >= 0.3 is 0 Å². The predicted octanol–water partition coefficient (Wildman–Crippen LogP) is -0.243. The zero-order chi connectivity index (χ0) is 8.97. The summed E-state index contributed by atoms with van der Waals surface area (Å²) < 4.78 is 0. The first-order valence-electron chi connectivity index (χ1n) is 3.79. The summed E-state index contributed by atoms with van der Waals surface area (Å²) in [7, 11) is 0. The summed E-state index contributed by atoms with van der Waals surface area (Å²) in [5.74, 6) is 0. The molecular weight excluding hydrogens is 156 g/mol. The van der Waals surface area contributed by atoms with Crippen LogP contribution in [0.25, 0.3) is 0 Å². The van der Waals surface area contributed by atoms with Crippen molar-refractivity contribution in [1.29, 1.82) is 0 Å². The molecule has 4 N–H and O–H groups in total. The Kier molecular flexibility index (Phi) is 3.01. The lowest BCUT2D eigenvalue weighted by Crippen LogP contribution is -2.15. The lowest BCUT2D eigenvalue weighted by molar-refractivity contribution is 0.276. The summed E-state index contributed by atoms with van der Waals surface area (Å²) in [4.78, 5) is 13.3. The van der Waals surface area contributed by atoms with E-state index >= 15 is 0 Å². The molecule has 1 rings (SSSR count). The Labute approximate surface area is 70.0 Å². The normalized spacial score (nSPS) is 12.8. The second-order valence-electron chi connectivity index (χ2n) is 2.61. The third-order valence-electron chi connectivity index (χ3n) is 1.67. The van der Waals surface area contributed by atoms with E-state index in [9.17, 15) is 4.79 Å². The second kappa shape index (κ2) is 4.04. The smallest absolute Gasteiger partial charge is 0.248 e. The first-order chi connectivity index (χ1) is 5.74. The fourth-order valence-corrected chi connectivity index (χ4v) is 0.998. The van der Waals surface area contributed by atoms with Crippen LogP contribution in [0.1, 0.15) is 18.0 Å². The molecule has 0 unspecified atom stereocenters. The summed E-state index contributed by atoms with van der Waals surface area (Å²) in [5, 5.41) is 8.60. The summed E-state index contributed by atoms with van der Waals surface area (Å²) in [5.41, 5.74) is 6.25. The lowest BCUT2D eigenvalue weighted by atomic mass is 10.1. The lowest BCUT2D eigenvalue weighted by Gasteiger charge is -2.08. The Balaban J connectivity index is 2.80. The third-order valence-corrected chi connectivity index (χ3v) is 1.67. The van der Waals surface area contributed by atoms with E-state index < -0.39 is 0 Å². The van der Waals surface area contributed by atoms with Gasteiger partial charge in [-0.2, -0.15) is 0 Å². The molecular formula is C8H12N2O2. The number of nitrogens with two attached hydrogens (primary N) is 1. The summed E-state index contributed by atoms with van der Waals surface area (Å²) in [6.07, 6.45) is 2.03. The van der Waals surface area contributed by atoms with E-state index in [0.29, 0.717) is 6.42 Å². The molecule has 0 fully saturated rings. The first-order valence-corrected chi connectivity index (χ1v) is 3.79. The number of hydrogen-bond donors (Lipinski definition) is 3. The van der Waals surface area contributed by atoms with Crippen molar-refractivity contribution >= 4 is 0 Å². The number of aromatic amines is 1. The molecule has 12 heavy (non-hydrogen) atoms. The van der Waals surface area contributed by atoms with Crippen LogP contribution in [-0.2, 0) is 0 Å². The highest BCUT2D eigenvalue weighted by Gasteiger charge is 2.04. The molecule has 1 aromatic rings. The standard InChI is InChI=1S/C8H12N2O2/c9-7(2-4-11)6-1-3-10-8(12)5-6/h1,3,5,7,11H,2,4,9H2,(H,10,12)/t7-/m1/s1. The number of nitrogens with one attached hydrogen (secondary N) is 1. The molecule has 0 saturated carbocycles. The highest BCUT2D eigenvalue weighted by atomic mass is 16.3. The van der Waals surface area contributed by atoms with Crippen LogP contribution in [0.15, 0.2) is 23.1 Å². The second-order valence-corrected chi connectivity index (χ2v) is 2.61. The summed E-state index contributed by atoms with van der Waals surface area (Å²) in [6.45, 7) is 0.0357. The minimum atomic E-state index is -0.253. The molecule has 1 atom stereocenters. The molecule has 1 aromatic heterocycles. The van der Waals surface area contributed by atoms with Gasteiger partial charge in [-0.25, -0.2) is 0 Å². The van der Waals surface area contributed by atoms with Gasteiger partial charge in [0.25, 0.3) is 0 Å². The average molecular weight is 168 g/mol. The zero-order valence-electron chi connectivity index (χ0n) is 6.66. The fourth-order valence-electron chi connectivity index (χ4n) is 0.998. The number of pyridine rings is 1. The van der Waals surface area contributed by atoms with Gasteiger partial charge in [0.05, 0.1) is 0 Å². The minimum absolute atomic E-state index is 0.0357. The van der Waals surface area contributed by atoms with Gasteiger partial charge in [0, 0.05) is 24.9 Å². The van der Waals surface area contributed by atoms with Crippen molar-refractivity contribution in [3.8, 4) is 0 Å². The van der Waals surface area contributed by atoms with E-state index in [1.165, 1.54) is 6.07 Å². The van der Waals surface area contributed by atoms with Crippen LogP contribution in [0.4, 0.5) is 0 Å². The molecule has 0 spiro atoms. The maximum Gasteiger partial charge on any atom is 0.248 e. The molecule has 0 amide bonds. The van der Waals surface area contributed by atoms with Crippen LogP contribution in [0.2, 0.25) is 0 Å². The van der Waals surface area contributed by atoms with Gasteiger partial charge in [0.15, 0.2) is 0 Å². The largest absolute Gasteiger partial charge is 0.396 e. The van der Waals surface area contributed by atoms with Gasteiger partial charge in [-0.3, -0.25) is 4.79 Å². The molecule has 4 heteroatoms. The molecule has 0 saturated heterocycles. The van der Waals surface area contributed by atoms with Gasteiger partial charge in [-0.15, -0.1) is 0 Å². The van der Waals surface area contributed by atoms with Crippen molar-refractivity contribution in [3.63, 3.8) is 0 Å². The quantitative estimate of drug-likeness (QED) is 0.582. The fraction of sp³-hybridized carbons (Fsp3) is 0.375. The maximum atomic E-state index is 10.8. The average Bonchev–Trinajstić information content (AvgIpc) is 2.05. The van der Waals surface area contributed by atoms with Gasteiger partial charge < -0.3 is 15.8 Å². The topological polar surface area (TPSA) is 79.1 Å². The number of aliphatic hydroxyl groups is 1. The van der Waals surface area contributed by atoms with E-state index in [4.69, 9.17) is 10.8 Å². The van der Waals surface area contributed by atoms with E-state index in [1.807, 2.05) is 0 Å². The molecule has 0 aliphatic rings. The molecule has 0 radical (unpaired) electrons. The van der Waals surface area contributed by atoms with Crippen molar-refractivity contribution in [2.45, 2.75) is 12.5 Å². The van der Waals surface area contributed by atoms with Crippen molar-refractivity contribution in [2.24, 2.45) is 5.73 Å². The van der Waals surface area contributed by atoms with Gasteiger partial charge in [-0.1, -0.05) is 0 Å². The molecule has 66 valence electrons. The number of aliphatic hydroxyl groups excluding tert-OH is 1. The molecule has 0 aliphatic carbocycles. The Morgan fingerprint density at radius 1 is 1.67 bits per heavy atom. The SMILES string of the molecule is N[C@H](CCO)c1cc[nH]c(=O)c1. The first kappa shape index (κ1) is 8.96. The molecule has 0 aromatic carbocycles. The van der Waals surface area contributed by atoms with Crippen molar-refractivity contribution in [3.05, 3.63) is 34.2 Å². The number of hydrogen-bond acceptors (Lipinski definition) is 3. The Bertz CT molecular complexity index is 295. The number of aromatic nitrogens is 1. The molecule has 0 bridgehead atoms. The van der Waals surface area contributed by atoms with Crippen LogP contribution in [-0.4, -0.2) is 16.7 Å². The Morgan fingerprint density at radius 3 is 3.00 bits per heavy atom. The van der Waals surface area contributed by atoms with Crippen molar-refractivity contribution in [2.75, 3.05) is 6.61 Å². The Morgan fingerprint density at radius 2 is 2.42 bits per heavy atom. The Hall–Kier alpha value is -1.13. The van der Waals surface area contributed by atoms with Crippen LogP contribution < -0.4 is 11.3 Å². The highest BCUT2D eigenvalue weighted by Crippen LogP contribution is 2.09. The zero-order valence-corrected chi connectivity index (χ0v) is 6.66. The molecule has 1 heterocycles. The van der Waals surface area contributed by atoms with E-state index in [1.54, 1.807) is 12.3 Å². The summed E-state index contributed by atoms with van der Waals surface area (Å²) >= 11 is 0. The molecule has 4 nitrogen and oxygen atoms in total. The number of rotatable bonds is 3. The van der Waals surface area contributed by atoms with Gasteiger partial charge in [0.2, 0.25) is 5.56 Å². The highest BCUT2D eigenvalue weighted by molar-refractivity contribution is 5.14. The van der Waals surface area contributed by atoms with E-state index in [0.717, 1.165) is 5.56 Å². The maximum absolute atomic E-state index is 10.8. The van der Waals surface area contributed by atoms with Crippen LogP contribution in [0, 0.1) is 0 Å². The third kappa shape index (κ3) is 2.18. The van der Waals surface area contributed by atoms with Crippen LogP contribution >= 0.6 is 0 Å². The van der Waals surface area contributed by atoms with Gasteiger partial charge in [-0.05, 0) is 18.1 Å². The van der Waals surface area contributed by atoms with Crippen LogP contribution in [0.5, 0.6) is 0 Å². The van der Waals surface area contributed by atoms with E-state index in [2.05, 4.69) is 4.98 Å². The van der Waals surface area contributed by atoms with Crippen molar-refractivity contribution < 1.29 is 5.11 Å². The number of H-pyrrole nitrogens is 1. The monoisotopic (exact) mass is 168 g/mol. The van der Waals surface area contributed by atoms with Crippen molar-refractivity contribution in [1.82, 2.24) is 4.98 Å². The van der Waals surface area contributed by atoms with Gasteiger partial charge in [0.1, 0.15) is 0 Å². The van der Waals surface area contributed by atoms with E-state index in [-0.39, 0.29) is 18.2 Å². The minimum Gasteiger partial charge on any atom is -0.396 e. The predicted molar refractivity (Wildman–Crippen MR) is 45.7 cm³/mol. The molecule has 0 aliphatic heterocycles. The summed E-state index contributed by atoms with van der Waals surface area (Å²) in [6, 6.07) is 2.93. The van der Waals surface area contributed by atoms with Crippen LogP contribution in [0.3, 0.4) is 0 Å².